The number of nitrogens with one attached hydrogen (secondary N) is 1. The summed E-state index contributed by atoms with van der Waals surface area (Å²) in [6, 6.07) is 9.79. The summed E-state index contributed by atoms with van der Waals surface area (Å²) in [5.41, 5.74) is 3.64. The number of ketones is 1. The van der Waals surface area contributed by atoms with Gasteiger partial charge in [-0.3, -0.25) is 4.79 Å². The van der Waals surface area contributed by atoms with Crippen molar-refractivity contribution >= 4 is 39.0 Å². The van der Waals surface area contributed by atoms with E-state index in [-0.39, 0.29) is 18.3 Å². The monoisotopic (exact) mass is 501 g/mol. The van der Waals surface area contributed by atoms with E-state index in [9.17, 15) is 9.59 Å². The number of hydrogen-bond acceptors (Lipinski definition) is 6. The largest absolute Gasteiger partial charge is 0.496 e. The Labute approximate surface area is 194 Å². The van der Waals surface area contributed by atoms with Crippen molar-refractivity contribution in [3.63, 3.8) is 0 Å². The molecule has 0 fully saturated rings. The SMILES string of the molecule is CCOC(=O)C1=C(C)NC2=C(C(=O)C[C@H](c3cccs3)C2)[C@@H]1c1ccc(OC)c(Br)c1. The number of rotatable bonds is 5. The fourth-order valence-corrected chi connectivity index (χ4v) is 5.83. The average Bonchev–Trinajstić information content (AvgIpc) is 3.27. The number of dihydropyridines is 1. The Balaban J connectivity index is 1.83. The standard InChI is InChI=1S/C24H24BrNO4S/c1-4-30-24(28)21-13(2)26-17-11-15(20-6-5-9-31-20)12-18(27)23(17)22(21)14-7-8-19(29-3)16(25)10-14/h5-10,15,22,26H,4,11-12H2,1-3H3/t15-,22-/m1/s1. The second-order valence-corrected chi connectivity index (χ2v) is 9.48. The molecule has 5 nitrogen and oxygen atoms in total. The van der Waals surface area contributed by atoms with Gasteiger partial charge in [0.05, 0.1) is 23.8 Å². The molecule has 2 aliphatic rings. The molecule has 2 aromatic rings. The number of allylic oxidation sites excluding steroid dienone is 3. The lowest BCUT2D eigenvalue weighted by Crippen LogP contribution is -2.36. The number of esters is 1. The molecule has 1 N–H and O–H groups in total. The Morgan fingerprint density at radius 3 is 2.74 bits per heavy atom. The Morgan fingerprint density at radius 2 is 2.10 bits per heavy atom. The highest BCUT2D eigenvalue weighted by Crippen LogP contribution is 2.47. The maximum atomic E-state index is 13.5. The van der Waals surface area contributed by atoms with Crippen molar-refractivity contribution in [1.29, 1.82) is 0 Å². The molecule has 1 aliphatic carbocycles. The van der Waals surface area contributed by atoms with Gasteiger partial charge in [-0.05, 0) is 65.3 Å². The Morgan fingerprint density at radius 1 is 1.29 bits per heavy atom. The van der Waals surface area contributed by atoms with Crippen LogP contribution in [0.3, 0.4) is 0 Å². The third kappa shape index (κ3) is 4.08. The summed E-state index contributed by atoms with van der Waals surface area (Å²) in [4.78, 5) is 27.6. The van der Waals surface area contributed by atoms with Gasteiger partial charge in [-0.25, -0.2) is 4.79 Å². The van der Waals surface area contributed by atoms with Gasteiger partial charge in [0.1, 0.15) is 5.75 Å². The molecule has 0 amide bonds. The number of methoxy groups -OCH3 is 1. The second-order valence-electron chi connectivity index (χ2n) is 7.65. The molecule has 0 saturated heterocycles. The van der Waals surface area contributed by atoms with Crippen molar-refractivity contribution in [1.82, 2.24) is 5.32 Å². The molecule has 7 heteroatoms. The number of carbonyl (C=O) groups excluding carboxylic acids is 2. The minimum atomic E-state index is -0.478. The van der Waals surface area contributed by atoms with Crippen molar-refractivity contribution in [2.75, 3.05) is 13.7 Å². The minimum absolute atomic E-state index is 0.0680. The number of benzene rings is 1. The average molecular weight is 502 g/mol. The van der Waals surface area contributed by atoms with Gasteiger partial charge >= 0.3 is 5.97 Å². The van der Waals surface area contributed by atoms with Crippen LogP contribution in [0.1, 0.15) is 49.0 Å². The van der Waals surface area contributed by atoms with Gasteiger partial charge in [-0.15, -0.1) is 11.3 Å². The Bertz CT molecular complexity index is 1090. The number of ether oxygens (including phenoxy) is 2. The molecule has 0 radical (unpaired) electrons. The molecule has 0 saturated carbocycles. The summed E-state index contributed by atoms with van der Waals surface area (Å²) in [5, 5.41) is 5.41. The highest BCUT2D eigenvalue weighted by molar-refractivity contribution is 9.10. The minimum Gasteiger partial charge on any atom is -0.496 e. The highest BCUT2D eigenvalue weighted by Gasteiger charge is 2.41. The molecular formula is C24H24BrNO4S. The fraction of sp³-hybridized carbons (Fsp3) is 0.333. The maximum Gasteiger partial charge on any atom is 0.336 e. The number of Topliss-reactive ketones (excluding diaryl/α,β-unsaturated/α-hetero) is 1. The van der Waals surface area contributed by atoms with E-state index in [0.717, 1.165) is 27.9 Å². The van der Waals surface area contributed by atoms with Crippen molar-refractivity contribution in [3.8, 4) is 5.75 Å². The van der Waals surface area contributed by atoms with Crippen LogP contribution in [0.15, 0.2) is 62.7 Å². The van der Waals surface area contributed by atoms with Crippen LogP contribution in [0.4, 0.5) is 0 Å². The molecule has 0 unspecified atom stereocenters. The molecule has 4 rings (SSSR count). The van der Waals surface area contributed by atoms with Crippen molar-refractivity contribution < 1.29 is 19.1 Å². The van der Waals surface area contributed by atoms with Gasteiger partial charge in [-0.1, -0.05) is 12.1 Å². The summed E-state index contributed by atoms with van der Waals surface area (Å²) in [6.07, 6.45) is 1.17. The topological polar surface area (TPSA) is 64.6 Å². The molecule has 2 atom stereocenters. The van der Waals surface area contributed by atoms with E-state index in [0.29, 0.717) is 23.3 Å². The van der Waals surface area contributed by atoms with E-state index in [1.54, 1.807) is 25.4 Å². The van der Waals surface area contributed by atoms with Crippen LogP contribution < -0.4 is 10.1 Å². The van der Waals surface area contributed by atoms with Crippen LogP contribution in [-0.2, 0) is 14.3 Å². The molecule has 1 aromatic heterocycles. The number of hydrogen-bond donors (Lipinski definition) is 1. The van der Waals surface area contributed by atoms with E-state index in [1.165, 1.54) is 4.88 Å². The number of carbonyl (C=O) groups is 2. The van der Waals surface area contributed by atoms with Gasteiger partial charge in [-0.2, -0.15) is 0 Å². The van der Waals surface area contributed by atoms with E-state index in [2.05, 4.69) is 27.3 Å². The smallest absolute Gasteiger partial charge is 0.336 e. The van der Waals surface area contributed by atoms with Crippen LogP contribution >= 0.6 is 27.3 Å². The third-order valence-electron chi connectivity index (χ3n) is 5.78. The Kier molecular flexibility index (Phi) is 6.34. The van der Waals surface area contributed by atoms with Gasteiger partial charge in [0.25, 0.3) is 0 Å². The summed E-state index contributed by atoms with van der Waals surface area (Å²) in [5.74, 6) is 0.0359. The molecule has 1 aromatic carbocycles. The van der Waals surface area contributed by atoms with Crippen LogP contribution in [0.25, 0.3) is 0 Å². The zero-order valence-corrected chi connectivity index (χ0v) is 20.1. The first kappa shape index (κ1) is 21.8. The highest BCUT2D eigenvalue weighted by atomic mass is 79.9. The van der Waals surface area contributed by atoms with E-state index < -0.39 is 11.9 Å². The van der Waals surface area contributed by atoms with Gasteiger partial charge < -0.3 is 14.8 Å². The van der Waals surface area contributed by atoms with Crippen molar-refractivity contribution in [2.45, 2.75) is 38.5 Å². The van der Waals surface area contributed by atoms with E-state index >= 15 is 0 Å². The lowest BCUT2D eigenvalue weighted by atomic mass is 9.72. The van der Waals surface area contributed by atoms with Crippen LogP contribution in [0.2, 0.25) is 0 Å². The molecule has 0 bridgehead atoms. The molecule has 162 valence electrons. The lowest BCUT2D eigenvalue weighted by Gasteiger charge is -2.36. The Hall–Kier alpha value is -2.38. The zero-order valence-electron chi connectivity index (χ0n) is 17.7. The summed E-state index contributed by atoms with van der Waals surface area (Å²) in [7, 11) is 1.61. The zero-order chi connectivity index (χ0) is 22.1. The lowest BCUT2D eigenvalue weighted by molar-refractivity contribution is -0.138. The first-order valence-electron chi connectivity index (χ1n) is 10.2. The predicted octanol–water partition coefficient (Wildman–Crippen LogP) is 5.44. The van der Waals surface area contributed by atoms with Gasteiger partial charge in [0.15, 0.2) is 5.78 Å². The second kappa shape index (κ2) is 9.01. The van der Waals surface area contributed by atoms with Gasteiger partial charge in [0.2, 0.25) is 0 Å². The summed E-state index contributed by atoms with van der Waals surface area (Å²) in [6.45, 7) is 3.93. The fourth-order valence-electron chi connectivity index (χ4n) is 4.44. The first-order valence-corrected chi connectivity index (χ1v) is 11.9. The van der Waals surface area contributed by atoms with E-state index in [1.807, 2.05) is 36.6 Å². The molecule has 31 heavy (non-hydrogen) atoms. The maximum absolute atomic E-state index is 13.5. The third-order valence-corrected chi connectivity index (χ3v) is 7.43. The number of thiophene rings is 1. The summed E-state index contributed by atoms with van der Waals surface area (Å²) < 4.78 is 11.5. The molecule has 0 spiro atoms. The van der Waals surface area contributed by atoms with Crippen molar-refractivity contribution in [2.24, 2.45) is 0 Å². The first-order chi connectivity index (χ1) is 14.9. The predicted molar refractivity (Wildman–Crippen MR) is 124 cm³/mol. The van der Waals surface area contributed by atoms with Crippen LogP contribution in [0.5, 0.6) is 5.75 Å². The van der Waals surface area contributed by atoms with E-state index in [4.69, 9.17) is 9.47 Å². The quantitative estimate of drug-likeness (QED) is 0.552. The van der Waals surface area contributed by atoms with Crippen LogP contribution in [-0.4, -0.2) is 25.5 Å². The number of halogens is 1. The molecule has 2 heterocycles. The normalized spacial score (nSPS) is 21.0. The molecular weight excluding hydrogens is 478 g/mol. The summed E-state index contributed by atoms with van der Waals surface area (Å²) >= 11 is 5.22. The van der Waals surface area contributed by atoms with Crippen LogP contribution in [0, 0.1) is 0 Å². The molecule has 1 aliphatic heterocycles. The van der Waals surface area contributed by atoms with Crippen molar-refractivity contribution in [3.05, 3.63) is 73.2 Å². The van der Waals surface area contributed by atoms with Gasteiger partial charge in [0, 0.05) is 40.1 Å².